The molecule has 0 aliphatic heterocycles. The summed E-state index contributed by atoms with van der Waals surface area (Å²) >= 11 is 0. The Labute approximate surface area is 172 Å². The van der Waals surface area contributed by atoms with Crippen LogP contribution in [0.1, 0.15) is 63.8 Å². The fraction of sp³-hybridized carbons (Fsp3) is 0.591. The molecule has 0 aliphatic carbocycles. The Morgan fingerprint density at radius 1 is 1.21 bits per heavy atom. The Balaban J connectivity index is 1.71. The van der Waals surface area contributed by atoms with E-state index in [2.05, 4.69) is 15.5 Å². The predicted molar refractivity (Wildman–Crippen MR) is 111 cm³/mol. The first-order valence-electron chi connectivity index (χ1n) is 10.2. The van der Waals surface area contributed by atoms with Gasteiger partial charge in [0.15, 0.2) is 0 Å². The molecule has 0 bridgehead atoms. The van der Waals surface area contributed by atoms with Crippen LogP contribution in [0.3, 0.4) is 0 Å². The number of aryl methyl sites for hydroxylation is 3. The Morgan fingerprint density at radius 3 is 2.59 bits per heavy atom. The van der Waals surface area contributed by atoms with Crippen molar-refractivity contribution in [3.05, 3.63) is 41.6 Å². The van der Waals surface area contributed by atoms with Crippen LogP contribution in [0.15, 0.2) is 28.7 Å². The van der Waals surface area contributed by atoms with Gasteiger partial charge in [0.1, 0.15) is 5.75 Å². The number of nitrogens with one attached hydrogen (secondary N) is 1. The first kappa shape index (κ1) is 22.9. The third-order valence-corrected chi connectivity index (χ3v) is 4.71. The molecular weight excluding hydrogens is 370 g/mol. The average molecular weight is 404 g/mol. The van der Waals surface area contributed by atoms with Crippen LogP contribution in [0, 0.1) is 0 Å². The van der Waals surface area contributed by atoms with Gasteiger partial charge in [-0.1, -0.05) is 18.2 Å². The highest BCUT2D eigenvalue weighted by Crippen LogP contribution is 2.19. The smallest absolute Gasteiger partial charge is 0.220 e. The first-order valence-corrected chi connectivity index (χ1v) is 10.2. The minimum atomic E-state index is -0.662. The second kappa shape index (κ2) is 11.0. The van der Waals surface area contributed by atoms with Gasteiger partial charge in [-0.3, -0.25) is 4.79 Å². The molecule has 29 heavy (non-hydrogen) atoms. The van der Waals surface area contributed by atoms with E-state index in [1.807, 2.05) is 31.2 Å². The van der Waals surface area contributed by atoms with Crippen molar-refractivity contribution in [3.63, 3.8) is 0 Å². The molecule has 2 aromatic rings. The Bertz CT molecular complexity index is 767. The molecule has 1 atom stereocenters. The number of amides is 1. The highest BCUT2D eigenvalue weighted by molar-refractivity contribution is 5.76. The largest absolute Gasteiger partial charge is 0.496 e. The molecule has 1 amide bonds. The number of aromatic nitrogens is 2. The molecule has 7 heteroatoms. The van der Waals surface area contributed by atoms with Gasteiger partial charge in [0.25, 0.3) is 0 Å². The van der Waals surface area contributed by atoms with Crippen molar-refractivity contribution < 1.29 is 19.1 Å². The number of hydrogen-bond acceptors (Lipinski definition) is 6. The number of benzene rings is 1. The lowest BCUT2D eigenvalue weighted by Crippen LogP contribution is -2.33. The molecule has 160 valence electrons. The van der Waals surface area contributed by atoms with Crippen LogP contribution in [0.5, 0.6) is 5.75 Å². The zero-order chi connectivity index (χ0) is 21.3. The molecule has 0 saturated heterocycles. The summed E-state index contributed by atoms with van der Waals surface area (Å²) in [6, 6.07) is 7.93. The van der Waals surface area contributed by atoms with Gasteiger partial charge in [-0.15, -0.1) is 10.2 Å². The van der Waals surface area contributed by atoms with Crippen molar-refractivity contribution >= 4 is 5.91 Å². The summed E-state index contributed by atoms with van der Waals surface area (Å²) < 4.78 is 11.0. The summed E-state index contributed by atoms with van der Waals surface area (Å²) in [7, 11) is 1.66. The molecule has 0 saturated carbocycles. The monoisotopic (exact) mass is 403 g/mol. The number of ether oxygens (including phenoxy) is 1. The Kier molecular flexibility index (Phi) is 8.64. The molecule has 0 radical (unpaired) electrons. The van der Waals surface area contributed by atoms with Crippen LogP contribution in [0.25, 0.3) is 0 Å². The number of aliphatic hydroxyl groups is 1. The van der Waals surface area contributed by atoms with Crippen molar-refractivity contribution in [1.29, 1.82) is 0 Å². The minimum Gasteiger partial charge on any atom is -0.496 e. The van der Waals surface area contributed by atoms with E-state index in [0.29, 0.717) is 37.5 Å². The van der Waals surface area contributed by atoms with Crippen molar-refractivity contribution in [2.45, 2.75) is 77.4 Å². The third-order valence-electron chi connectivity index (χ3n) is 4.71. The number of rotatable bonds is 12. The van der Waals surface area contributed by atoms with Crippen molar-refractivity contribution in [3.8, 4) is 5.75 Å². The molecule has 1 heterocycles. The molecule has 2 rings (SSSR count). The maximum absolute atomic E-state index is 12.1. The molecule has 7 nitrogen and oxygen atoms in total. The maximum Gasteiger partial charge on any atom is 0.220 e. The van der Waals surface area contributed by atoms with E-state index in [-0.39, 0.29) is 11.9 Å². The molecule has 1 aromatic carbocycles. The van der Waals surface area contributed by atoms with Gasteiger partial charge in [-0.05, 0) is 58.1 Å². The number of carbonyl (C=O) groups excluding carboxylic acids is 1. The molecule has 0 spiro atoms. The molecule has 1 aromatic heterocycles. The van der Waals surface area contributed by atoms with E-state index >= 15 is 0 Å². The van der Waals surface area contributed by atoms with E-state index in [9.17, 15) is 9.90 Å². The summed E-state index contributed by atoms with van der Waals surface area (Å²) in [6.07, 6.45) is 4.51. The second-order valence-corrected chi connectivity index (χ2v) is 8.07. The zero-order valence-electron chi connectivity index (χ0n) is 17.9. The minimum absolute atomic E-state index is 0.0328. The summed E-state index contributed by atoms with van der Waals surface area (Å²) in [6.45, 7) is 5.57. The van der Waals surface area contributed by atoms with Gasteiger partial charge < -0.3 is 19.6 Å². The second-order valence-electron chi connectivity index (χ2n) is 8.07. The summed E-state index contributed by atoms with van der Waals surface area (Å²) in [5, 5.41) is 20.8. The number of carbonyl (C=O) groups is 1. The van der Waals surface area contributed by atoms with Crippen LogP contribution >= 0.6 is 0 Å². The number of nitrogens with zero attached hydrogens (tertiary/aromatic N) is 2. The third kappa shape index (κ3) is 8.64. The molecule has 0 fully saturated rings. The highest BCUT2D eigenvalue weighted by atomic mass is 16.5. The van der Waals surface area contributed by atoms with E-state index in [1.54, 1.807) is 21.0 Å². The van der Waals surface area contributed by atoms with Crippen molar-refractivity contribution in [2.24, 2.45) is 0 Å². The van der Waals surface area contributed by atoms with Crippen LogP contribution in [0.4, 0.5) is 0 Å². The lowest BCUT2D eigenvalue weighted by atomic mass is 10.00. The van der Waals surface area contributed by atoms with Gasteiger partial charge >= 0.3 is 0 Å². The van der Waals surface area contributed by atoms with Crippen molar-refractivity contribution in [2.75, 3.05) is 7.11 Å². The Morgan fingerprint density at radius 2 is 1.90 bits per heavy atom. The summed E-state index contributed by atoms with van der Waals surface area (Å²) in [5.41, 5.74) is 0.429. The van der Waals surface area contributed by atoms with E-state index in [0.717, 1.165) is 30.6 Å². The van der Waals surface area contributed by atoms with E-state index < -0.39 is 5.60 Å². The van der Waals surface area contributed by atoms with Crippen LogP contribution in [0.2, 0.25) is 0 Å². The summed E-state index contributed by atoms with van der Waals surface area (Å²) in [4.78, 5) is 12.1. The molecule has 0 unspecified atom stereocenters. The highest BCUT2D eigenvalue weighted by Gasteiger charge is 2.15. The molecular formula is C22H33N3O4. The maximum atomic E-state index is 12.1. The predicted octanol–water partition coefficient (Wildman–Crippen LogP) is 3.24. The van der Waals surface area contributed by atoms with Crippen LogP contribution in [-0.4, -0.2) is 40.0 Å². The number of hydrogen-bond donors (Lipinski definition) is 2. The zero-order valence-corrected chi connectivity index (χ0v) is 17.9. The quantitative estimate of drug-likeness (QED) is 0.565. The molecule has 0 aliphatic rings. The normalized spacial score (nSPS) is 12.6. The average Bonchev–Trinajstić information content (AvgIpc) is 3.12. The van der Waals surface area contributed by atoms with Gasteiger partial charge in [-0.2, -0.15) is 0 Å². The lowest BCUT2D eigenvalue weighted by Gasteiger charge is -2.19. The van der Waals surface area contributed by atoms with Crippen LogP contribution in [-0.2, 0) is 24.1 Å². The fourth-order valence-electron chi connectivity index (χ4n) is 3.12. The first-order chi connectivity index (χ1) is 13.8. The van der Waals surface area contributed by atoms with Gasteiger partial charge in [0.05, 0.1) is 12.7 Å². The van der Waals surface area contributed by atoms with Gasteiger partial charge in [0.2, 0.25) is 17.7 Å². The van der Waals surface area contributed by atoms with Gasteiger partial charge in [-0.25, -0.2) is 0 Å². The number of methoxy groups -OCH3 is 1. The fourth-order valence-corrected chi connectivity index (χ4v) is 3.12. The van der Waals surface area contributed by atoms with Crippen LogP contribution < -0.4 is 10.1 Å². The summed E-state index contributed by atoms with van der Waals surface area (Å²) in [5.74, 6) is 1.85. The lowest BCUT2D eigenvalue weighted by molar-refractivity contribution is -0.121. The molecule has 2 N–H and O–H groups in total. The van der Waals surface area contributed by atoms with Gasteiger partial charge in [0, 0.05) is 25.3 Å². The Hall–Kier alpha value is -2.41. The topological polar surface area (TPSA) is 97.5 Å². The van der Waals surface area contributed by atoms with E-state index in [1.165, 1.54) is 0 Å². The number of para-hydroxylation sites is 1. The van der Waals surface area contributed by atoms with E-state index in [4.69, 9.17) is 9.15 Å². The SMILES string of the molecule is COc1ccccc1CCc1nnc(CCC(=O)N[C@@H](C)CCCC(C)(C)O)o1. The van der Waals surface area contributed by atoms with Crippen molar-refractivity contribution in [1.82, 2.24) is 15.5 Å². The standard InChI is InChI=1S/C22H33N3O4/c1-16(8-7-15-22(2,3)27)23-19(26)12-14-21-25-24-20(29-21)13-11-17-9-5-6-10-18(17)28-4/h5-6,9-10,16,27H,7-8,11-15H2,1-4H3,(H,23,26)/t16-/m0/s1.